The number of methoxy groups -OCH3 is 2. The number of pyridine rings is 1. The van der Waals surface area contributed by atoms with E-state index in [0.29, 0.717) is 18.2 Å². The summed E-state index contributed by atoms with van der Waals surface area (Å²) in [4.78, 5) is 29.8. The molecule has 2 unspecified atom stereocenters. The summed E-state index contributed by atoms with van der Waals surface area (Å²) in [5.74, 6) is -0.364. The van der Waals surface area contributed by atoms with Gasteiger partial charge < -0.3 is 24.1 Å². The van der Waals surface area contributed by atoms with Gasteiger partial charge in [0.1, 0.15) is 17.7 Å². The zero-order chi connectivity index (χ0) is 22.1. The molecule has 1 aromatic heterocycles. The van der Waals surface area contributed by atoms with Crippen LogP contribution in [0.2, 0.25) is 0 Å². The van der Waals surface area contributed by atoms with Gasteiger partial charge in [-0.25, -0.2) is 9.59 Å². The van der Waals surface area contributed by atoms with Crippen LogP contribution in [-0.2, 0) is 20.7 Å². The van der Waals surface area contributed by atoms with Crippen molar-refractivity contribution >= 4 is 18.1 Å². The second-order valence-electron chi connectivity index (χ2n) is 8.34. The van der Waals surface area contributed by atoms with Gasteiger partial charge in [-0.3, -0.25) is 4.90 Å². The molecule has 30 heavy (non-hydrogen) atoms. The SMILES string of the molecule is COc1cc2c(c(O[C@@H]3CC(C(=O)O)N(C(=O)OC(C)(C)C)C3)n1)C=CC(OC)C2. The number of carbonyl (C=O) groups excluding carboxylic acids is 1. The Kier molecular flexibility index (Phi) is 6.21. The van der Waals surface area contributed by atoms with Crippen molar-refractivity contribution in [1.82, 2.24) is 9.88 Å². The van der Waals surface area contributed by atoms with Gasteiger partial charge in [0.15, 0.2) is 0 Å². The highest BCUT2D eigenvalue weighted by Crippen LogP contribution is 2.33. The Bertz CT molecular complexity index is 846. The second kappa shape index (κ2) is 8.51. The van der Waals surface area contributed by atoms with E-state index in [4.69, 9.17) is 18.9 Å². The number of fused-ring (bicyclic) bond motifs is 1. The monoisotopic (exact) mass is 420 g/mol. The van der Waals surface area contributed by atoms with Crippen LogP contribution >= 0.6 is 0 Å². The number of carboxylic acid groups (broad SMARTS) is 1. The van der Waals surface area contributed by atoms with Gasteiger partial charge in [-0.15, -0.1) is 0 Å². The van der Waals surface area contributed by atoms with Crippen LogP contribution in [0.4, 0.5) is 4.79 Å². The molecule has 1 aliphatic heterocycles. The summed E-state index contributed by atoms with van der Waals surface area (Å²) < 4.78 is 22.1. The molecular formula is C21H28N2O7. The van der Waals surface area contributed by atoms with Crippen molar-refractivity contribution in [2.75, 3.05) is 20.8 Å². The molecule has 1 fully saturated rings. The largest absolute Gasteiger partial charge is 0.481 e. The zero-order valence-corrected chi connectivity index (χ0v) is 17.9. The Morgan fingerprint density at radius 2 is 2.00 bits per heavy atom. The van der Waals surface area contributed by atoms with Crippen LogP contribution in [0.1, 0.15) is 38.3 Å². The molecule has 0 spiro atoms. The lowest BCUT2D eigenvalue weighted by atomic mass is 9.97. The smallest absolute Gasteiger partial charge is 0.411 e. The minimum absolute atomic E-state index is 0.0528. The van der Waals surface area contributed by atoms with Crippen molar-refractivity contribution in [3.05, 3.63) is 23.3 Å². The molecule has 1 N–H and O–H groups in total. The molecule has 1 aromatic rings. The fraction of sp³-hybridized carbons (Fsp3) is 0.571. The summed E-state index contributed by atoms with van der Waals surface area (Å²) in [7, 11) is 3.16. The van der Waals surface area contributed by atoms with E-state index < -0.39 is 29.8 Å². The molecule has 2 aliphatic rings. The van der Waals surface area contributed by atoms with Crippen molar-refractivity contribution in [2.45, 2.75) is 57.5 Å². The molecule has 0 radical (unpaired) electrons. The van der Waals surface area contributed by atoms with E-state index in [1.807, 2.05) is 18.2 Å². The van der Waals surface area contributed by atoms with Crippen molar-refractivity contribution in [2.24, 2.45) is 0 Å². The number of rotatable bonds is 5. The predicted molar refractivity (Wildman–Crippen MR) is 108 cm³/mol. The highest BCUT2D eigenvalue weighted by atomic mass is 16.6. The highest BCUT2D eigenvalue weighted by molar-refractivity contribution is 5.81. The lowest BCUT2D eigenvalue weighted by Gasteiger charge is -2.26. The molecule has 0 saturated carbocycles. The van der Waals surface area contributed by atoms with Crippen molar-refractivity contribution < 1.29 is 33.6 Å². The van der Waals surface area contributed by atoms with Gasteiger partial charge in [0.25, 0.3) is 0 Å². The summed E-state index contributed by atoms with van der Waals surface area (Å²) in [6.07, 6.45) is 3.30. The number of aliphatic carboxylic acids is 1. The van der Waals surface area contributed by atoms with Gasteiger partial charge >= 0.3 is 12.1 Å². The molecule has 9 heteroatoms. The molecule has 3 atom stereocenters. The van der Waals surface area contributed by atoms with Gasteiger partial charge in [-0.1, -0.05) is 12.2 Å². The molecule has 0 bridgehead atoms. The number of carboxylic acids is 1. The third kappa shape index (κ3) is 4.84. The Labute approximate surface area is 175 Å². The number of likely N-dealkylation sites (tertiary alicyclic amines) is 1. The molecule has 0 aromatic carbocycles. The topological polar surface area (TPSA) is 107 Å². The first kappa shape index (κ1) is 21.9. The first-order chi connectivity index (χ1) is 14.1. The summed E-state index contributed by atoms with van der Waals surface area (Å²) in [6, 6.07) is 0.805. The van der Waals surface area contributed by atoms with E-state index in [1.54, 1.807) is 27.9 Å². The lowest BCUT2D eigenvalue weighted by molar-refractivity contribution is -0.142. The van der Waals surface area contributed by atoms with Crippen molar-refractivity contribution in [3.8, 4) is 11.8 Å². The third-order valence-corrected chi connectivity index (χ3v) is 4.95. The van der Waals surface area contributed by atoms with Gasteiger partial charge in [-0.05, 0) is 26.3 Å². The number of nitrogens with zero attached hydrogens (tertiary/aromatic N) is 2. The molecule has 1 amide bonds. The third-order valence-electron chi connectivity index (χ3n) is 4.95. The molecule has 164 valence electrons. The maximum absolute atomic E-state index is 12.5. The van der Waals surface area contributed by atoms with E-state index >= 15 is 0 Å². The Morgan fingerprint density at radius 3 is 2.60 bits per heavy atom. The number of hydrogen-bond acceptors (Lipinski definition) is 7. The predicted octanol–water partition coefficient (Wildman–Crippen LogP) is 2.52. The number of hydrogen-bond donors (Lipinski definition) is 1. The van der Waals surface area contributed by atoms with E-state index in [2.05, 4.69) is 4.98 Å². The number of carbonyl (C=O) groups is 2. The fourth-order valence-corrected chi connectivity index (χ4v) is 3.55. The normalized spacial score (nSPS) is 23.1. The molecule has 9 nitrogen and oxygen atoms in total. The number of aromatic nitrogens is 1. The van der Waals surface area contributed by atoms with Gasteiger partial charge in [0, 0.05) is 31.6 Å². The first-order valence-corrected chi connectivity index (χ1v) is 9.79. The Balaban J connectivity index is 1.83. The van der Waals surface area contributed by atoms with Crippen molar-refractivity contribution in [1.29, 1.82) is 0 Å². The standard InChI is InChI=1S/C21H28N2O7/c1-21(2,3)30-20(26)23-11-14(10-16(23)19(24)25)29-18-15-7-6-13(27-4)8-12(15)9-17(22-18)28-5/h6-7,9,13-14,16H,8,10-11H2,1-5H3,(H,24,25)/t13?,14-,16?/m1/s1. The average molecular weight is 420 g/mol. The van der Waals surface area contributed by atoms with Crippen LogP contribution in [0.3, 0.4) is 0 Å². The van der Waals surface area contributed by atoms with Gasteiger partial charge in [0.2, 0.25) is 11.8 Å². The molecule has 1 saturated heterocycles. The summed E-state index contributed by atoms with van der Waals surface area (Å²) in [5, 5.41) is 9.58. The fourth-order valence-electron chi connectivity index (χ4n) is 3.55. The summed E-state index contributed by atoms with van der Waals surface area (Å²) in [5.41, 5.74) is 1.03. The van der Waals surface area contributed by atoms with E-state index in [-0.39, 0.29) is 19.1 Å². The van der Waals surface area contributed by atoms with Crippen LogP contribution in [0.5, 0.6) is 11.8 Å². The Hall–Kier alpha value is -2.81. The Morgan fingerprint density at radius 1 is 1.27 bits per heavy atom. The quantitative estimate of drug-likeness (QED) is 0.774. The van der Waals surface area contributed by atoms with E-state index in [1.165, 1.54) is 12.0 Å². The average Bonchev–Trinajstić information content (AvgIpc) is 3.10. The summed E-state index contributed by atoms with van der Waals surface area (Å²) >= 11 is 0. The molecule has 2 heterocycles. The zero-order valence-electron chi connectivity index (χ0n) is 17.9. The van der Waals surface area contributed by atoms with Gasteiger partial charge in [-0.2, -0.15) is 4.98 Å². The van der Waals surface area contributed by atoms with E-state index in [9.17, 15) is 14.7 Å². The maximum Gasteiger partial charge on any atom is 0.411 e. The highest BCUT2D eigenvalue weighted by Gasteiger charge is 2.43. The lowest BCUT2D eigenvalue weighted by Crippen LogP contribution is -2.43. The molecule has 3 rings (SSSR count). The van der Waals surface area contributed by atoms with Crippen LogP contribution in [-0.4, -0.2) is 71.7 Å². The first-order valence-electron chi connectivity index (χ1n) is 9.79. The minimum atomic E-state index is -1.10. The molecular weight excluding hydrogens is 392 g/mol. The minimum Gasteiger partial charge on any atom is -0.481 e. The van der Waals surface area contributed by atoms with Crippen LogP contribution in [0, 0.1) is 0 Å². The summed E-state index contributed by atoms with van der Waals surface area (Å²) in [6.45, 7) is 5.29. The van der Waals surface area contributed by atoms with Crippen LogP contribution in [0.25, 0.3) is 6.08 Å². The maximum atomic E-state index is 12.5. The van der Waals surface area contributed by atoms with E-state index in [0.717, 1.165) is 11.1 Å². The number of ether oxygens (including phenoxy) is 4. The van der Waals surface area contributed by atoms with Crippen LogP contribution in [0.15, 0.2) is 12.1 Å². The molecule has 1 aliphatic carbocycles. The van der Waals surface area contributed by atoms with Crippen molar-refractivity contribution in [3.63, 3.8) is 0 Å². The second-order valence-corrected chi connectivity index (χ2v) is 8.34. The number of amides is 1. The van der Waals surface area contributed by atoms with Gasteiger partial charge in [0.05, 0.1) is 19.8 Å². The van der Waals surface area contributed by atoms with Crippen LogP contribution < -0.4 is 9.47 Å².